The zero-order chi connectivity index (χ0) is 18.2. The smallest absolute Gasteiger partial charge is 0.265 e. The molecule has 0 bridgehead atoms. The Morgan fingerprint density at radius 2 is 1.96 bits per heavy atom. The van der Waals surface area contributed by atoms with Crippen molar-refractivity contribution in [3.8, 4) is 5.75 Å². The van der Waals surface area contributed by atoms with E-state index in [2.05, 4.69) is 26.0 Å². The molecule has 25 heavy (non-hydrogen) atoms. The van der Waals surface area contributed by atoms with Crippen LogP contribution in [0.1, 0.15) is 13.3 Å². The van der Waals surface area contributed by atoms with Gasteiger partial charge in [0.15, 0.2) is 11.9 Å². The highest BCUT2D eigenvalue weighted by molar-refractivity contribution is 9.10. The number of nitrogens with one attached hydrogen (secondary N) is 2. The van der Waals surface area contributed by atoms with Gasteiger partial charge in [0.2, 0.25) is 0 Å². The van der Waals surface area contributed by atoms with Crippen molar-refractivity contribution < 1.29 is 17.9 Å². The Bertz CT molecular complexity index is 932. The third kappa shape index (κ3) is 3.75. The van der Waals surface area contributed by atoms with E-state index in [1.807, 2.05) is 0 Å². The zero-order valence-corrected chi connectivity index (χ0v) is 16.2. The quantitative estimate of drug-likeness (QED) is 0.744. The van der Waals surface area contributed by atoms with Crippen LogP contribution in [0.25, 0.3) is 0 Å². The average molecular weight is 446 g/mol. The maximum absolute atomic E-state index is 12.8. The Morgan fingerprint density at radius 1 is 1.28 bits per heavy atom. The maximum Gasteiger partial charge on any atom is 0.265 e. The van der Waals surface area contributed by atoms with Gasteiger partial charge in [-0.1, -0.05) is 34.5 Å². The van der Waals surface area contributed by atoms with Crippen LogP contribution in [-0.4, -0.2) is 20.4 Å². The highest BCUT2D eigenvalue weighted by atomic mass is 79.9. The van der Waals surface area contributed by atoms with E-state index in [0.717, 1.165) is 0 Å². The molecule has 0 aliphatic carbocycles. The van der Waals surface area contributed by atoms with Gasteiger partial charge in [-0.15, -0.1) is 0 Å². The number of halogens is 2. The molecule has 3 rings (SSSR count). The molecule has 1 unspecified atom stereocenters. The molecule has 1 aliphatic heterocycles. The Kier molecular flexibility index (Phi) is 4.95. The number of hydrogen-bond acceptors (Lipinski definition) is 4. The first kappa shape index (κ1) is 18.0. The van der Waals surface area contributed by atoms with Crippen molar-refractivity contribution in [2.75, 3.05) is 10.0 Å². The van der Waals surface area contributed by atoms with Gasteiger partial charge in [0.05, 0.1) is 5.69 Å². The molecule has 0 saturated heterocycles. The zero-order valence-electron chi connectivity index (χ0n) is 13.0. The topological polar surface area (TPSA) is 84.5 Å². The molecular formula is C16H14BrClN2O4S. The van der Waals surface area contributed by atoms with Crippen LogP contribution >= 0.6 is 27.5 Å². The van der Waals surface area contributed by atoms with Gasteiger partial charge in [0, 0.05) is 15.2 Å². The van der Waals surface area contributed by atoms with Crippen molar-refractivity contribution in [2.24, 2.45) is 0 Å². The molecule has 0 radical (unpaired) electrons. The number of fused-ring (bicyclic) bond motifs is 1. The summed E-state index contributed by atoms with van der Waals surface area (Å²) in [7, 11) is -3.94. The highest BCUT2D eigenvalue weighted by Crippen LogP contribution is 2.40. The van der Waals surface area contributed by atoms with Gasteiger partial charge < -0.3 is 10.1 Å². The number of carbonyl (C=O) groups is 1. The largest absolute Gasteiger partial charge is 0.477 e. The number of carbonyl (C=O) groups excluding carboxylic acids is 1. The van der Waals surface area contributed by atoms with E-state index in [1.165, 1.54) is 6.07 Å². The van der Waals surface area contributed by atoms with Crippen molar-refractivity contribution in [1.29, 1.82) is 0 Å². The Hall–Kier alpha value is -1.77. The molecule has 9 heteroatoms. The minimum absolute atomic E-state index is 0.0646. The van der Waals surface area contributed by atoms with Crippen molar-refractivity contribution in [3.05, 3.63) is 45.9 Å². The second-order valence-corrected chi connectivity index (χ2v) is 8.40. The fourth-order valence-corrected chi connectivity index (χ4v) is 4.36. The molecule has 2 N–H and O–H groups in total. The molecule has 2 aromatic carbocycles. The van der Waals surface area contributed by atoms with Crippen LogP contribution in [-0.2, 0) is 14.8 Å². The summed E-state index contributed by atoms with van der Waals surface area (Å²) in [5.74, 6) is -0.182. The van der Waals surface area contributed by atoms with Crippen molar-refractivity contribution in [2.45, 2.75) is 24.3 Å². The van der Waals surface area contributed by atoms with Crippen LogP contribution in [0.4, 0.5) is 11.4 Å². The van der Waals surface area contributed by atoms with Crippen molar-refractivity contribution in [1.82, 2.24) is 0 Å². The van der Waals surface area contributed by atoms with Crippen LogP contribution in [0.15, 0.2) is 45.8 Å². The lowest BCUT2D eigenvalue weighted by Crippen LogP contribution is -2.37. The Morgan fingerprint density at radius 3 is 2.60 bits per heavy atom. The Labute approximate surface area is 158 Å². The van der Waals surface area contributed by atoms with Gasteiger partial charge in [0.1, 0.15) is 4.90 Å². The summed E-state index contributed by atoms with van der Waals surface area (Å²) >= 11 is 9.08. The molecule has 1 aliphatic rings. The van der Waals surface area contributed by atoms with E-state index in [4.69, 9.17) is 16.3 Å². The molecule has 0 fully saturated rings. The lowest BCUT2D eigenvalue weighted by Gasteiger charge is -2.27. The van der Waals surface area contributed by atoms with E-state index in [0.29, 0.717) is 27.3 Å². The maximum atomic E-state index is 12.8. The molecule has 1 atom stereocenters. The SMILES string of the molecule is CCC1Oc2c(cc(Br)cc2S(=O)(=O)Nc2ccc(Cl)cc2)NC1=O. The first-order valence-electron chi connectivity index (χ1n) is 7.39. The van der Waals surface area contributed by atoms with Gasteiger partial charge in [-0.3, -0.25) is 9.52 Å². The van der Waals surface area contributed by atoms with Crippen molar-refractivity contribution in [3.63, 3.8) is 0 Å². The van der Waals surface area contributed by atoms with E-state index in [9.17, 15) is 13.2 Å². The third-order valence-corrected chi connectivity index (χ3v) is 5.68. The average Bonchev–Trinajstić information content (AvgIpc) is 2.55. The Balaban J connectivity index is 2.04. The van der Waals surface area contributed by atoms with Crippen LogP contribution < -0.4 is 14.8 Å². The molecule has 2 aromatic rings. The van der Waals surface area contributed by atoms with Gasteiger partial charge in [0.25, 0.3) is 15.9 Å². The van der Waals surface area contributed by atoms with Gasteiger partial charge in [-0.05, 0) is 42.8 Å². The summed E-state index contributed by atoms with van der Waals surface area (Å²) in [6.07, 6.45) is -0.316. The number of sulfonamides is 1. The minimum Gasteiger partial charge on any atom is -0.477 e. The summed E-state index contributed by atoms with van der Waals surface area (Å²) in [5, 5.41) is 3.18. The van der Waals surface area contributed by atoms with Crippen LogP contribution in [0.5, 0.6) is 5.75 Å². The normalized spacial score (nSPS) is 16.6. The first-order chi connectivity index (χ1) is 11.8. The summed E-state index contributed by atoms with van der Waals surface area (Å²) < 4.78 is 34.3. The predicted molar refractivity (Wildman–Crippen MR) is 99.7 cm³/mol. The monoisotopic (exact) mass is 444 g/mol. The van der Waals surface area contributed by atoms with E-state index >= 15 is 0 Å². The summed E-state index contributed by atoms with van der Waals surface area (Å²) in [6, 6.07) is 9.31. The summed E-state index contributed by atoms with van der Waals surface area (Å²) in [5.41, 5.74) is 0.672. The number of hydrogen-bond donors (Lipinski definition) is 2. The van der Waals surface area contributed by atoms with E-state index in [1.54, 1.807) is 37.3 Å². The second kappa shape index (κ2) is 6.86. The molecule has 1 heterocycles. The fraction of sp³-hybridized carbons (Fsp3) is 0.188. The lowest BCUT2D eigenvalue weighted by molar-refractivity contribution is -0.123. The summed E-state index contributed by atoms with van der Waals surface area (Å²) in [4.78, 5) is 11.9. The number of ether oxygens (including phenoxy) is 1. The molecule has 132 valence electrons. The van der Waals surface area contributed by atoms with Gasteiger partial charge in [-0.2, -0.15) is 0 Å². The molecule has 0 aromatic heterocycles. The van der Waals surface area contributed by atoms with Gasteiger partial charge >= 0.3 is 0 Å². The molecular weight excluding hydrogens is 432 g/mol. The summed E-state index contributed by atoms with van der Waals surface area (Å²) in [6.45, 7) is 1.79. The fourth-order valence-electron chi connectivity index (χ4n) is 2.39. The number of benzene rings is 2. The standard InChI is InChI=1S/C16H14BrClN2O4S/c1-2-13-16(21)19-12-7-9(17)8-14(15(12)24-13)25(22,23)20-11-5-3-10(18)4-6-11/h3-8,13,20H,2H2,1H3,(H,19,21). The predicted octanol–water partition coefficient (Wildman–Crippen LogP) is 4.01. The molecule has 6 nitrogen and oxygen atoms in total. The lowest BCUT2D eigenvalue weighted by atomic mass is 10.2. The molecule has 0 saturated carbocycles. The minimum atomic E-state index is -3.94. The third-order valence-electron chi connectivity index (χ3n) is 3.59. The van der Waals surface area contributed by atoms with Crippen molar-refractivity contribution >= 4 is 54.8 Å². The molecule has 1 amide bonds. The first-order valence-corrected chi connectivity index (χ1v) is 10.0. The second-order valence-electron chi connectivity index (χ2n) is 5.40. The number of amides is 1. The van der Waals surface area contributed by atoms with E-state index in [-0.39, 0.29) is 16.6 Å². The van der Waals surface area contributed by atoms with Crippen LogP contribution in [0.3, 0.4) is 0 Å². The van der Waals surface area contributed by atoms with Gasteiger partial charge in [-0.25, -0.2) is 8.42 Å². The number of rotatable bonds is 4. The van der Waals surface area contributed by atoms with Crippen LogP contribution in [0, 0.1) is 0 Å². The molecule has 0 spiro atoms. The highest BCUT2D eigenvalue weighted by Gasteiger charge is 2.32. The number of anilines is 2. The van der Waals surface area contributed by atoms with E-state index < -0.39 is 16.1 Å². The van der Waals surface area contributed by atoms with Crippen LogP contribution in [0.2, 0.25) is 5.02 Å².